The summed E-state index contributed by atoms with van der Waals surface area (Å²) in [4.78, 5) is 70.9. The molecular formula is C49H59HfN4O10S-. The van der Waals surface area contributed by atoms with Crippen molar-refractivity contribution in [3.05, 3.63) is 93.5 Å². The molecule has 1 N–H and O–H groups in total. The average Bonchev–Trinajstić information content (AvgIpc) is 4.04. The summed E-state index contributed by atoms with van der Waals surface area (Å²) in [5.74, 6) is -0.660. The Labute approximate surface area is 400 Å². The van der Waals surface area contributed by atoms with E-state index in [0.717, 1.165) is 75.7 Å². The predicted octanol–water partition coefficient (Wildman–Crippen LogP) is 6.01. The van der Waals surface area contributed by atoms with Crippen LogP contribution in [0.4, 0.5) is 0 Å². The van der Waals surface area contributed by atoms with Crippen LogP contribution in [0.25, 0.3) is 0 Å². The number of ketones is 1. The van der Waals surface area contributed by atoms with Gasteiger partial charge >= 0.3 is 0 Å². The number of methoxy groups -OCH3 is 1. The SMILES string of the molecule is CCOc1cc([C@@H](CS(C)(=O)=O)N2C(=O)c3cccc(CCC(=O)CCCCCCCN4CCC(c5[c-]cc6c(c5)CN(C5CCC(=O)NC5=O)C5OC65)CC4)c3C2=O)ccc1OC.[Hf]. The molecule has 14 nitrogen and oxygen atoms in total. The Kier molecular flexibility index (Phi) is 16.0. The number of piperidine rings is 2. The zero-order chi connectivity index (χ0) is 45.1. The van der Waals surface area contributed by atoms with Crippen LogP contribution in [0.1, 0.15) is 144 Å². The number of ether oxygens (including phenoxy) is 3. The number of imide groups is 2. The molecule has 3 aromatic rings. The van der Waals surface area contributed by atoms with Crippen molar-refractivity contribution < 1.29 is 72.4 Å². The molecule has 4 amide bonds. The van der Waals surface area contributed by atoms with Crippen LogP contribution in [0.3, 0.4) is 0 Å². The van der Waals surface area contributed by atoms with E-state index in [1.165, 1.54) is 23.8 Å². The van der Waals surface area contributed by atoms with E-state index >= 15 is 0 Å². The van der Waals surface area contributed by atoms with Gasteiger partial charge < -0.3 is 19.1 Å². The first kappa shape index (κ1) is 48.8. The van der Waals surface area contributed by atoms with E-state index in [2.05, 4.69) is 33.3 Å². The van der Waals surface area contributed by atoms with Gasteiger partial charge in [-0.15, -0.1) is 11.1 Å². The second kappa shape index (κ2) is 21.3. The van der Waals surface area contributed by atoms with Crippen LogP contribution in [-0.2, 0) is 67.8 Å². The van der Waals surface area contributed by atoms with Gasteiger partial charge in [0.25, 0.3) is 11.8 Å². The monoisotopic (exact) mass is 1080 g/mol. The quantitative estimate of drug-likeness (QED) is 0.0460. The smallest absolute Gasteiger partial charge is 0.262 e. The number of amides is 4. The molecule has 3 fully saturated rings. The molecule has 0 radical (unpaired) electrons. The molecule has 5 aliphatic heterocycles. The third kappa shape index (κ3) is 11.2. The Hall–Kier alpha value is -4.09. The minimum absolute atomic E-state index is 0. The maximum Gasteiger partial charge on any atom is 0.262 e. The van der Waals surface area contributed by atoms with Crippen LogP contribution in [0.5, 0.6) is 11.5 Å². The van der Waals surface area contributed by atoms with Gasteiger partial charge in [0, 0.05) is 57.9 Å². The third-order valence-electron chi connectivity index (χ3n) is 13.5. The normalized spacial score (nSPS) is 21.5. The molecule has 16 heteroatoms. The van der Waals surface area contributed by atoms with Crippen LogP contribution >= 0.6 is 0 Å². The number of epoxide rings is 1. The van der Waals surface area contributed by atoms with E-state index in [9.17, 15) is 32.4 Å². The van der Waals surface area contributed by atoms with E-state index in [0.29, 0.717) is 67.4 Å². The number of carbonyl (C=O) groups is 5. The fourth-order valence-electron chi connectivity index (χ4n) is 10.1. The first-order valence-corrected chi connectivity index (χ1v) is 24.9. The molecule has 0 aromatic heterocycles. The van der Waals surface area contributed by atoms with Crippen LogP contribution in [0.15, 0.2) is 48.5 Å². The van der Waals surface area contributed by atoms with Crippen LogP contribution < -0.4 is 14.8 Å². The van der Waals surface area contributed by atoms with Gasteiger partial charge in [0.2, 0.25) is 11.8 Å². The number of likely N-dealkylation sites (tertiary alicyclic amines) is 1. The molecule has 0 spiro atoms. The topological polar surface area (TPSA) is 172 Å². The number of nitrogens with zero attached hydrogens (tertiary/aromatic N) is 3. The number of carbonyl (C=O) groups excluding carboxylic acids is 5. The molecule has 8 rings (SSSR count). The molecule has 3 saturated heterocycles. The van der Waals surface area contributed by atoms with E-state index < -0.39 is 33.4 Å². The second-order valence-corrected chi connectivity index (χ2v) is 20.1. The molecule has 0 saturated carbocycles. The summed E-state index contributed by atoms with van der Waals surface area (Å²) in [6.45, 7) is 5.93. The third-order valence-corrected chi connectivity index (χ3v) is 14.4. The average molecular weight is 1070 g/mol. The number of unbranched alkanes of at least 4 members (excludes halogenated alkanes) is 4. The minimum Gasteiger partial charge on any atom is -0.493 e. The zero-order valence-electron chi connectivity index (χ0n) is 37.6. The van der Waals surface area contributed by atoms with Crippen molar-refractivity contribution in [3.8, 4) is 11.5 Å². The number of Topliss-reactive ketones (excluding diaryl/α,β-unsaturated/α-hetero) is 1. The predicted molar refractivity (Wildman–Crippen MR) is 238 cm³/mol. The van der Waals surface area contributed by atoms with Gasteiger partial charge in [0.15, 0.2) is 11.5 Å². The molecular weight excluding hydrogens is 1020 g/mol. The molecule has 0 bridgehead atoms. The van der Waals surface area contributed by atoms with Crippen molar-refractivity contribution in [2.24, 2.45) is 0 Å². The summed E-state index contributed by atoms with van der Waals surface area (Å²) < 4.78 is 42.4. The van der Waals surface area contributed by atoms with Gasteiger partial charge in [0.1, 0.15) is 21.8 Å². The Morgan fingerprint density at radius 1 is 0.954 bits per heavy atom. The number of nitrogens with one attached hydrogen (secondary N) is 1. The maximum absolute atomic E-state index is 14.0. The summed E-state index contributed by atoms with van der Waals surface area (Å²) in [5, 5.41) is 2.49. The number of hydrogen-bond donors (Lipinski definition) is 1. The fraction of sp³-hybridized carbons (Fsp3) is 0.531. The van der Waals surface area contributed by atoms with Crippen LogP contribution in [-0.4, -0.2) is 110 Å². The standard InChI is InChI=1S/C49H59N4O10S.Hf/c1-4-62-42-28-34(16-20-41(42)61-2)40(30-64(3,59)60)53-47(57)38-13-10-11-32(44(38)48(53)58)14-17-36(54)12-8-6-5-7-9-24-51-25-22-31(23-26-51)33-15-18-37-35(27-33)29-52(49-45(37)63-49)39-19-21-43(55)50-46(39)56;/h10-11,13,16,18,20,27-28,31,39-40,45,49H,4-9,12,14,17,19,21-26,29-30H2,1-3H3,(H,50,55,56);/q-1;/t39?,40-,45?,49?;/m1./s1. The molecule has 5 heterocycles. The molecule has 65 heavy (non-hydrogen) atoms. The number of hydrogen-bond acceptors (Lipinski definition) is 12. The van der Waals surface area contributed by atoms with Gasteiger partial charge in [0.05, 0.1) is 48.8 Å². The van der Waals surface area contributed by atoms with Crippen molar-refractivity contribution in [2.75, 3.05) is 45.4 Å². The van der Waals surface area contributed by atoms with Gasteiger partial charge in [-0.05, 0) is 100 Å². The summed E-state index contributed by atoms with van der Waals surface area (Å²) in [7, 11) is -2.14. The van der Waals surface area contributed by atoms with Crippen molar-refractivity contribution in [3.63, 3.8) is 0 Å². The van der Waals surface area contributed by atoms with Gasteiger partial charge in [-0.25, -0.2) is 8.42 Å². The Morgan fingerprint density at radius 3 is 2.46 bits per heavy atom. The number of rotatable bonds is 20. The van der Waals surface area contributed by atoms with Gasteiger partial charge in [-0.2, -0.15) is 23.8 Å². The first-order valence-electron chi connectivity index (χ1n) is 22.8. The van der Waals surface area contributed by atoms with Crippen LogP contribution in [0, 0.1) is 6.07 Å². The van der Waals surface area contributed by atoms with Crippen molar-refractivity contribution >= 4 is 39.2 Å². The molecule has 0 aliphatic carbocycles. The summed E-state index contributed by atoms with van der Waals surface area (Å²) in [5.41, 5.74) is 5.06. The molecule has 346 valence electrons. The largest absolute Gasteiger partial charge is 0.493 e. The molecule has 4 atom stereocenters. The Balaban J connectivity index is 0.00000630. The molecule has 3 unspecified atom stereocenters. The van der Waals surface area contributed by atoms with E-state index in [-0.39, 0.29) is 79.4 Å². The summed E-state index contributed by atoms with van der Waals surface area (Å²) >= 11 is 0. The summed E-state index contributed by atoms with van der Waals surface area (Å²) in [6.07, 6.45) is 10.0. The number of fused-ring (bicyclic) bond motifs is 4. The van der Waals surface area contributed by atoms with E-state index in [1.54, 1.807) is 36.4 Å². The maximum atomic E-state index is 14.0. The van der Waals surface area contributed by atoms with Gasteiger partial charge in [-0.1, -0.05) is 37.5 Å². The van der Waals surface area contributed by atoms with E-state index in [1.807, 2.05) is 6.92 Å². The first-order chi connectivity index (χ1) is 30.8. The molecule has 3 aromatic carbocycles. The summed E-state index contributed by atoms with van der Waals surface area (Å²) in [6, 6.07) is 16.4. The fourth-order valence-corrected chi connectivity index (χ4v) is 11.0. The van der Waals surface area contributed by atoms with Crippen molar-refractivity contribution in [1.29, 1.82) is 0 Å². The zero-order valence-corrected chi connectivity index (χ0v) is 42.0. The number of aryl methyl sites for hydroxylation is 1. The van der Waals surface area contributed by atoms with Crippen LogP contribution in [0.2, 0.25) is 0 Å². The Bertz CT molecular complexity index is 2400. The van der Waals surface area contributed by atoms with Crippen molar-refractivity contribution in [2.45, 2.75) is 121 Å². The molecule has 5 aliphatic rings. The Morgan fingerprint density at radius 2 is 1.72 bits per heavy atom. The van der Waals surface area contributed by atoms with E-state index in [4.69, 9.17) is 14.2 Å². The van der Waals surface area contributed by atoms with Gasteiger partial charge in [-0.3, -0.25) is 39.1 Å². The minimum atomic E-state index is -3.64. The number of benzene rings is 3. The number of sulfone groups is 1. The van der Waals surface area contributed by atoms with Crippen molar-refractivity contribution in [1.82, 2.24) is 20.0 Å². The second-order valence-electron chi connectivity index (χ2n) is 17.9.